The molecule has 1 aromatic rings. The Bertz CT molecular complexity index is 435. The van der Waals surface area contributed by atoms with Crippen molar-refractivity contribution in [3.05, 3.63) is 35.1 Å². The fourth-order valence-corrected chi connectivity index (χ4v) is 2.39. The van der Waals surface area contributed by atoms with Crippen LogP contribution in [0.4, 0.5) is 4.39 Å². The summed E-state index contributed by atoms with van der Waals surface area (Å²) in [6.45, 7) is 2.97. The molecule has 1 amide bonds. The molecule has 1 aromatic carbocycles. The highest BCUT2D eigenvalue weighted by Gasteiger charge is 2.24. The van der Waals surface area contributed by atoms with Crippen molar-refractivity contribution in [3.63, 3.8) is 0 Å². The lowest BCUT2D eigenvalue weighted by molar-refractivity contribution is 0.0722. The molecule has 0 aromatic heterocycles. The van der Waals surface area contributed by atoms with E-state index in [4.69, 9.17) is 11.6 Å². The second-order valence-electron chi connectivity index (χ2n) is 4.47. The van der Waals surface area contributed by atoms with Crippen LogP contribution in [0.2, 0.25) is 0 Å². The van der Waals surface area contributed by atoms with E-state index in [0.717, 1.165) is 18.4 Å². The van der Waals surface area contributed by atoms with Crippen molar-refractivity contribution < 1.29 is 9.18 Å². The van der Waals surface area contributed by atoms with Crippen LogP contribution in [0.5, 0.6) is 0 Å². The number of aryl methyl sites for hydroxylation is 1. The molecule has 2 nitrogen and oxygen atoms in total. The highest BCUT2D eigenvalue weighted by atomic mass is 35.5. The SMILES string of the molecule is Cc1ccc(C(=O)N2CCCC(Cl)C2)c(F)c1. The molecule has 1 heterocycles. The molecule has 17 heavy (non-hydrogen) atoms. The third-order valence-electron chi connectivity index (χ3n) is 3.01. The van der Waals surface area contributed by atoms with Gasteiger partial charge in [-0.15, -0.1) is 11.6 Å². The first kappa shape index (κ1) is 12.4. The number of hydrogen-bond donors (Lipinski definition) is 0. The zero-order chi connectivity index (χ0) is 12.4. The van der Waals surface area contributed by atoms with Gasteiger partial charge in [-0.3, -0.25) is 4.79 Å². The summed E-state index contributed by atoms with van der Waals surface area (Å²) >= 11 is 6.02. The number of halogens is 2. The number of alkyl halides is 1. The number of rotatable bonds is 1. The van der Waals surface area contributed by atoms with Gasteiger partial charge >= 0.3 is 0 Å². The molecule has 0 radical (unpaired) electrons. The number of likely N-dealkylation sites (tertiary alicyclic amines) is 1. The van der Waals surface area contributed by atoms with Crippen molar-refractivity contribution in [2.24, 2.45) is 0 Å². The van der Waals surface area contributed by atoms with Crippen LogP contribution >= 0.6 is 11.6 Å². The lowest BCUT2D eigenvalue weighted by Crippen LogP contribution is -2.40. The molecule has 92 valence electrons. The van der Waals surface area contributed by atoms with Gasteiger partial charge in [-0.25, -0.2) is 4.39 Å². The summed E-state index contributed by atoms with van der Waals surface area (Å²) in [6, 6.07) is 4.68. The molecular formula is C13H15ClFNO. The Hall–Kier alpha value is -1.09. The second-order valence-corrected chi connectivity index (χ2v) is 5.09. The van der Waals surface area contributed by atoms with Gasteiger partial charge < -0.3 is 4.90 Å². The molecule has 0 N–H and O–H groups in total. The standard InChI is InChI=1S/C13H15ClFNO/c1-9-4-5-11(12(15)7-9)13(17)16-6-2-3-10(14)8-16/h4-5,7,10H,2-3,6,8H2,1H3. The van der Waals surface area contributed by atoms with Crippen LogP contribution < -0.4 is 0 Å². The maximum Gasteiger partial charge on any atom is 0.256 e. The summed E-state index contributed by atoms with van der Waals surface area (Å²) in [5.41, 5.74) is 0.953. The van der Waals surface area contributed by atoms with Gasteiger partial charge in [-0.1, -0.05) is 6.07 Å². The van der Waals surface area contributed by atoms with Gasteiger partial charge in [-0.2, -0.15) is 0 Å². The van der Waals surface area contributed by atoms with Crippen LogP contribution in [-0.2, 0) is 0 Å². The van der Waals surface area contributed by atoms with Crippen LogP contribution in [0.1, 0.15) is 28.8 Å². The van der Waals surface area contributed by atoms with E-state index in [0.29, 0.717) is 13.1 Å². The highest BCUT2D eigenvalue weighted by molar-refractivity contribution is 6.21. The number of amides is 1. The third kappa shape index (κ3) is 2.78. The zero-order valence-electron chi connectivity index (χ0n) is 9.75. The normalized spacial score (nSPS) is 20.4. The van der Waals surface area contributed by atoms with E-state index in [1.807, 2.05) is 0 Å². The summed E-state index contributed by atoms with van der Waals surface area (Å²) in [4.78, 5) is 13.7. The van der Waals surface area contributed by atoms with Crippen LogP contribution in [0, 0.1) is 12.7 Å². The fraction of sp³-hybridized carbons (Fsp3) is 0.462. The molecule has 1 atom stereocenters. The molecular weight excluding hydrogens is 241 g/mol. The minimum Gasteiger partial charge on any atom is -0.337 e. The van der Waals surface area contributed by atoms with Gasteiger partial charge in [-0.05, 0) is 37.5 Å². The van der Waals surface area contributed by atoms with E-state index in [1.54, 1.807) is 24.0 Å². The van der Waals surface area contributed by atoms with Crippen LogP contribution in [0.15, 0.2) is 18.2 Å². The van der Waals surface area contributed by atoms with E-state index in [-0.39, 0.29) is 16.8 Å². The van der Waals surface area contributed by atoms with Gasteiger partial charge in [0.1, 0.15) is 5.82 Å². The van der Waals surface area contributed by atoms with E-state index in [2.05, 4.69) is 0 Å². The Kier molecular flexibility index (Phi) is 3.67. The van der Waals surface area contributed by atoms with E-state index < -0.39 is 5.82 Å². The maximum atomic E-state index is 13.7. The number of piperidine rings is 1. The maximum absolute atomic E-state index is 13.7. The number of benzene rings is 1. The quantitative estimate of drug-likeness (QED) is 0.707. The monoisotopic (exact) mass is 255 g/mol. The van der Waals surface area contributed by atoms with Crippen molar-refractivity contribution in [1.29, 1.82) is 0 Å². The molecule has 0 spiro atoms. The van der Waals surface area contributed by atoms with Gasteiger partial charge in [0.25, 0.3) is 5.91 Å². The van der Waals surface area contributed by atoms with Gasteiger partial charge in [0, 0.05) is 13.1 Å². The minimum atomic E-state index is -0.452. The predicted molar refractivity (Wildman–Crippen MR) is 65.9 cm³/mol. The molecule has 1 aliphatic heterocycles. The fourth-order valence-electron chi connectivity index (χ4n) is 2.07. The summed E-state index contributed by atoms with van der Waals surface area (Å²) in [6.07, 6.45) is 1.80. The molecule has 0 aliphatic carbocycles. The molecule has 2 rings (SSSR count). The predicted octanol–water partition coefficient (Wildman–Crippen LogP) is 2.98. The lowest BCUT2D eigenvalue weighted by atomic mass is 10.1. The Morgan fingerprint density at radius 3 is 2.94 bits per heavy atom. The van der Waals surface area contributed by atoms with E-state index in [9.17, 15) is 9.18 Å². The largest absolute Gasteiger partial charge is 0.337 e. The van der Waals surface area contributed by atoms with Gasteiger partial charge in [0.05, 0.1) is 10.9 Å². The summed E-state index contributed by atoms with van der Waals surface area (Å²) < 4.78 is 13.7. The number of nitrogens with zero attached hydrogens (tertiary/aromatic N) is 1. The average Bonchev–Trinajstić information content (AvgIpc) is 2.28. The minimum absolute atomic E-state index is 0.0128. The summed E-state index contributed by atoms with van der Waals surface area (Å²) in [5, 5.41) is -0.0128. The Morgan fingerprint density at radius 1 is 1.53 bits per heavy atom. The average molecular weight is 256 g/mol. The van der Waals surface area contributed by atoms with Crippen LogP contribution in [0.25, 0.3) is 0 Å². The number of hydrogen-bond acceptors (Lipinski definition) is 1. The smallest absolute Gasteiger partial charge is 0.256 e. The molecule has 1 saturated heterocycles. The number of carbonyl (C=O) groups is 1. The zero-order valence-corrected chi connectivity index (χ0v) is 10.5. The summed E-state index contributed by atoms with van der Waals surface area (Å²) in [7, 11) is 0. The van der Waals surface area contributed by atoms with E-state index in [1.165, 1.54) is 6.07 Å². The Balaban J connectivity index is 2.18. The van der Waals surface area contributed by atoms with Crippen molar-refractivity contribution in [1.82, 2.24) is 4.90 Å². The molecule has 1 fully saturated rings. The van der Waals surface area contributed by atoms with Gasteiger partial charge in [0.2, 0.25) is 0 Å². The van der Waals surface area contributed by atoms with Crippen LogP contribution in [0.3, 0.4) is 0 Å². The third-order valence-corrected chi connectivity index (χ3v) is 3.36. The first-order valence-electron chi connectivity index (χ1n) is 5.77. The lowest BCUT2D eigenvalue weighted by Gasteiger charge is -2.30. The molecule has 0 saturated carbocycles. The van der Waals surface area contributed by atoms with Crippen molar-refractivity contribution in [3.8, 4) is 0 Å². The van der Waals surface area contributed by atoms with E-state index >= 15 is 0 Å². The first-order valence-corrected chi connectivity index (χ1v) is 6.21. The number of carbonyl (C=O) groups excluding carboxylic acids is 1. The molecule has 1 aliphatic rings. The molecule has 1 unspecified atom stereocenters. The van der Waals surface area contributed by atoms with Crippen molar-refractivity contribution >= 4 is 17.5 Å². The first-order chi connectivity index (χ1) is 8.08. The summed E-state index contributed by atoms with van der Waals surface area (Å²) in [5.74, 6) is -0.709. The molecule has 4 heteroatoms. The topological polar surface area (TPSA) is 20.3 Å². The molecule has 0 bridgehead atoms. The highest BCUT2D eigenvalue weighted by Crippen LogP contribution is 2.19. The Morgan fingerprint density at radius 2 is 2.29 bits per heavy atom. The van der Waals surface area contributed by atoms with Crippen LogP contribution in [-0.4, -0.2) is 29.3 Å². The van der Waals surface area contributed by atoms with Crippen molar-refractivity contribution in [2.45, 2.75) is 25.1 Å². The van der Waals surface area contributed by atoms with Gasteiger partial charge in [0.15, 0.2) is 0 Å². The Labute approximate surface area is 105 Å². The van der Waals surface area contributed by atoms with Crippen molar-refractivity contribution in [2.75, 3.05) is 13.1 Å². The second kappa shape index (κ2) is 5.05.